The van der Waals surface area contributed by atoms with Gasteiger partial charge in [-0.3, -0.25) is 9.69 Å². The molecule has 0 aliphatic carbocycles. The first-order chi connectivity index (χ1) is 14.9. The summed E-state index contributed by atoms with van der Waals surface area (Å²) in [7, 11) is 4.05. The maximum atomic E-state index is 13.4. The van der Waals surface area contributed by atoms with Gasteiger partial charge in [0.05, 0.1) is 5.54 Å². The van der Waals surface area contributed by atoms with Crippen molar-refractivity contribution in [2.45, 2.75) is 63.7 Å². The van der Waals surface area contributed by atoms with Crippen LogP contribution < -0.4 is 4.90 Å². The lowest BCUT2D eigenvalue weighted by Crippen LogP contribution is -2.57. The molecule has 166 valence electrons. The number of pyridine rings is 1. The first-order valence-corrected chi connectivity index (χ1v) is 11.3. The van der Waals surface area contributed by atoms with Crippen LogP contribution in [0.15, 0.2) is 42.6 Å². The van der Waals surface area contributed by atoms with Crippen LogP contribution in [0.3, 0.4) is 0 Å². The largest absolute Gasteiger partial charge is 0.362 e. The number of hydrogen-bond donors (Lipinski definition) is 0. The number of likely N-dealkylation sites (tertiary alicyclic amines) is 2. The van der Waals surface area contributed by atoms with E-state index in [0.29, 0.717) is 19.0 Å². The van der Waals surface area contributed by atoms with E-state index >= 15 is 0 Å². The van der Waals surface area contributed by atoms with E-state index < -0.39 is 0 Å². The third-order valence-corrected chi connectivity index (χ3v) is 7.02. The number of carbonyl (C=O) groups excluding carboxylic acids is 1. The van der Waals surface area contributed by atoms with Crippen LogP contribution in [-0.2, 0) is 17.9 Å². The van der Waals surface area contributed by atoms with Gasteiger partial charge in [-0.05, 0) is 49.9 Å². The lowest BCUT2D eigenvalue weighted by Gasteiger charge is -2.46. The number of rotatable bonds is 5. The Balaban J connectivity index is 1.61. The van der Waals surface area contributed by atoms with Gasteiger partial charge in [-0.2, -0.15) is 0 Å². The number of carbonyl (C=O) groups is 1. The summed E-state index contributed by atoms with van der Waals surface area (Å²) in [4.78, 5) is 24.5. The third-order valence-electron chi connectivity index (χ3n) is 7.02. The zero-order valence-electron chi connectivity index (χ0n) is 18.9. The topological polar surface area (TPSA) is 39.7 Å². The van der Waals surface area contributed by atoms with Gasteiger partial charge < -0.3 is 9.80 Å². The highest BCUT2D eigenvalue weighted by molar-refractivity contribution is 5.77. The molecule has 5 nitrogen and oxygen atoms in total. The second-order valence-electron chi connectivity index (χ2n) is 9.33. The van der Waals surface area contributed by atoms with E-state index in [0.717, 1.165) is 50.2 Å². The van der Waals surface area contributed by atoms with Crippen molar-refractivity contribution in [1.29, 1.82) is 0 Å². The van der Waals surface area contributed by atoms with E-state index in [1.165, 1.54) is 17.7 Å². The Morgan fingerprint density at radius 3 is 2.68 bits per heavy atom. The van der Waals surface area contributed by atoms with E-state index in [2.05, 4.69) is 32.7 Å². The average Bonchev–Trinajstić information content (AvgIpc) is 3.05. The van der Waals surface area contributed by atoms with Crippen LogP contribution in [-0.4, -0.2) is 52.9 Å². The fraction of sp³-hybridized carbons (Fsp3) is 0.520. The van der Waals surface area contributed by atoms with E-state index in [1.54, 1.807) is 12.1 Å². The number of amides is 1. The number of benzene rings is 1. The highest BCUT2D eigenvalue weighted by Gasteiger charge is 2.49. The Kier molecular flexibility index (Phi) is 6.28. The molecular weight excluding hydrogens is 391 g/mol. The molecular formula is C25H33FN4O. The van der Waals surface area contributed by atoms with Gasteiger partial charge in [-0.15, -0.1) is 0 Å². The molecule has 2 atom stereocenters. The summed E-state index contributed by atoms with van der Waals surface area (Å²) in [6, 6.07) is 11.0. The summed E-state index contributed by atoms with van der Waals surface area (Å²) in [6.45, 7) is 4.58. The SMILES string of the molecule is CN(C)c1ncccc1CN1CC[C@]2(C)[C@H]1CCCCC(=O)N2Cc1ccc(F)cc1. The van der Waals surface area contributed by atoms with E-state index in [4.69, 9.17) is 0 Å². The molecule has 31 heavy (non-hydrogen) atoms. The minimum absolute atomic E-state index is 0.216. The summed E-state index contributed by atoms with van der Waals surface area (Å²) in [5.74, 6) is 0.974. The maximum absolute atomic E-state index is 13.4. The van der Waals surface area contributed by atoms with Crippen molar-refractivity contribution in [3.8, 4) is 0 Å². The van der Waals surface area contributed by atoms with Crippen LogP contribution in [0.1, 0.15) is 50.2 Å². The summed E-state index contributed by atoms with van der Waals surface area (Å²) in [5.41, 5.74) is 1.97. The fourth-order valence-electron chi connectivity index (χ4n) is 5.33. The van der Waals surface area contributed by atoms with Gasteiger partial charge in [0, 0.05) is 58.0 Å². The van der Waals surface area contributed by atoms with Gasteiger partial charge in [0.15, 0.2) is 0 Å². The minimum atomic E-state index is -0.243. The van der Waals surface area contributed by atoms with Gasteiger partial charge in [0.1, 0.15) is 11.6 Å². The van der Waals surface area contributed by atoms with Gasteiger partial charge in [0.2, 0.25) is 5.91 Å². The molecule has 1 aromatic carbocycles. The molecule has 4 rings (SSSR count). The monoisotopic (exact) mass is 424 g/mol. The van der Waals surface area contributed by atoms with Crippen LogP contribution in [0.25, 0.3) is 0 Å². The smallest absolute Gasteiger partial charge is 0.223 e. The van der Waals surface area contributed by atoms with Crippen LogP contribution in [0, 0.1) is 5.82 Å². The third kappa shape index (κ3) is 4.45. The van der Waals surface area contributed by atoms with Crippen LogP contribution in [0.5, 0.6) is 0 Å². The zero-order chi connectivity index (χ0) is 22.0. The molecule has 2 aliphatic heterocycles. The normalized spacial score (nSPS) is 24.6. The first-order valence-electron chi connectivity index (χ1n) is 11.3. The molecule has 0 unspecified atom stereocenters. The lowest BCUT2D eigenvalue weighted by molar-refractivity contribution is -0.140. The zero-order valence-corrected chi connectivity index (χ0v) is 18.9. The first kappa shape index (κ1) is 21.8. The number of anilines is 1. The predicted octanol–water partition coefficient (Wildman–Crippen LogP) is 4.22. The summed E-state index contributed by atoms with van der Waals surface area (Å²) in [5, 5.41) is 0. The minimum Gasteiger partial charge on any atom is -0.362 e. The standard InChI is InChI=1S/C25H33FN4O/c1-25-14-16-29(18-20-7-6-15-27-24(20)28(2)3)22(25)8-4-5-9-23(31)30(25)17-19-10-12-21(26)13-11-19/h6-7,10-13,15,22H,4-5,8-9,14,16-18H2,1-3H3/t22-,25-/m1/s1. The fourth-order valence-corrected chi connectivity index (χ4v) is 5.33. The molecule has 0 N–H and O–H groups in total. The second kappa shape index (κ2) is 8.95. The van der Waals surface area contributed by atoms with Crippen molar-refractivity contribution in [2.75, 3.05) is 25.5 Å². The lowest BCUT2D eigenvalue weighted by atomic mass is 9.84. The summed E-state index contributed by atoms with van der Waals surface area (Å²) < 4.78 is 13.4. The van der Waals surface area contributed by atoms with E-state index in [1.807, 2.05) is 26.4 Å². The molecule has 2 fully saturated rings. The van der Waals surface area contributed by atoms with Crippen molar-refractivity contribution in [2.24, 2.45) is 0 Å². The Hall–Kier alpha value is -2.47. The van der Waals surface area contributed by atoms with Crippen LogP contribution in [0.4, 0.5) is 10.2 Å². The molecule has 2 saturated heterocycles. The number of nitrogens with zero attached hydrogens (tertiary/aromatic N) is 4. The molecule has 0 bridgehead atoms. The molecule has 1 amide bonds. The molecule has 1 aromatic heterocycles. The highest BCUT2D eigenvalue weighted by Crippen LogP contribution is 2.41. The second-order valence-corrected chi connectivity index (χ2v) is 9.33. The van der Waals surface area contributed by atoms with Crippen LogP contribution in [0.2, 0.25) is 0 Å². The predicted molar refractivity (Wildman–Crippen MR) is 121 cm³/mol. The highest BCUT2D eigenvalue weighted by atomic mass is 19.1. The van der Waals surface area contributed by atoms with Crippen molar-refractivity contribution < 1.29 is 9.18 Å². The maximum Gasteiger partial charge on any atom is 0.223 e. The van der Waals surface area contributed by atoms with Gasteiger partial charge in [-0.1, -0.05) is 24.6 Å². The Labute approximate surface area is 184 Å². The Morgan fingerprint density at radius 1 is 1.16 bits per heavy atom. The average molecular weight is 425 g/mol. The molecule has 0 saturated carbocycles. The van der Waals surface area contributed by atoms with E-state index in [9.17, 15) is 9.18 Å². The Bertz CT molecular complexity index is 916. The van der Waals surface area contributed by atoms with Crippen molar-refractivity contribution in [3.05, 3.63) is 59.5 Å². The quantitative estimate of drug-likeness (QED) is 0.720. The molecule has 2 aliphatic rings. The van der Waals surface area contributed by atoms with Crippen molar-refractivity contribution in [3.63, 3.8) is 0 Å². The van der Waals surface area contributed by atoms with Crippen molar-refractivity contribution in [1.82, 2.24) is 14.8 Å². The van der Waals surface area contributed by atoms with Crippen molar-refractivity contribution >= 4 is 11.7 Å². The number of halogens is 1. The molecule has 2 aromatic rings. The van der Waals surface area contributed by atoms with Crippen LogP contribution >= 0.6 is 0 Å². The Morgan fingerprint density at radius 2 is 1.94 bits per heavy atom. The molecule has 3 heterocycles. The summed E-state index contributed by atoms with van der Waals surface area (Å²) in [6.07, 6.45) is 6.46. The van der Waals surface area contributed by atoms with E-state index in [-0.39, 0.29) is 17.3 Å². The van der Waals surface area contributed by atoms with Gasteiger partial charge >= 0.3 is 0 Å². The number of aromatic nitrogens is 1. The summed E-state index contributed by atoms with van der Waals surface area (Å²) >= 11 is 0. The molecule has 0 spiro atoms. The number of hydrogen-bond acceptors (Lipinski definition) is 4. The van der Waals surface area contributed by atoms with Gasteiger partial charge in [0.25, 0.3) is 0 Å². The van der Waals surface area contributed by atoms with Gasteiger partial charge in [-0.25, -0.2) is 9.37 Å². The molecule has 6 heteroatoms. The molecule has 0 radical (unpaired) electrons. The number of fused-ring (bicyclic) bond motifs is 1.